The molecule has 0 aliphatic heterocycles. The van der Waals surface area contributed by atoms with Crippen molar-refractivity contribution in [2.24, 2.45) is 7.05 Å². The number of carbonyl (C=O) groups is 1. The number of nitrogens with zero attached hydrogens (tertiary/aromatic N) is 2. The molecule has 0 saturated carbocycles. The van der Waals surface area contributed by atoms with Crippen molar-refractivity contribution in [2.75, 3.05) is 0 Å². The van der Waals surface area contributed by atoms with Crippen LogP contribution < -0.4 is 0 Å². The van der Waals surface area contributed by atoms with E-state index in [-0.39, 0.29) is 0 Å². The van der Waals surface area contributed by atoms with Gasteiger partial charge in [-0.05, 0) is 6.42 Å². The number of hydrogen-bond donors (Lipinski definition) is 1. The lowest BCUT2D eigenvalue weighted by molar-refractivity contribution is -0.139. The second-order valence-corrected chi connectivity index (χ2v) is 3.08. The molecule has 72 valence electrons. The molecule has 4 heteroatoms. The smallest absolute Gasteiger partial charge is 0.314 e. The molecular formula is C9H14N2O2. The van der Waals surface area contributed by atoms with E-state index in [0.717, 1.165) is 6.42 Å². The van der Waals surface area contributed by atoms with Gasteiger partial charge >= 0.3 is 5.97 Å². The molecule has 1 atom stereocenters. The van der Waals surface area contributed by atoms with Crippen molar-refractivity contribution in [2.45, 2.75) is 25.7 Å². The van der Waals surface area contributed by atoms with Crippen LogP contribution in [0, 0.1) is 0 Å². The Morgan fingerprint density at radius 3 is 2.85 bits per heavy atom. The summed E-state index contributed by atoms with van der Waals surface area (Å²) in [4.78, 5) is 14.9. The maximum absolute atomic E-state index is 10.9. The van der Waals surface area contributed by atoms with Crippen LogP contribution in [-0.4, -0.2) is 20.6 Å². The van der Waals surface area contributed by atoms with Crippen LogP contribution in [0.1, 0.15) is 31.5 Å². The molecule has 0 spiro atoms. The molecule has 4 nitrogen and oxygen atoms in total. The van der Waals surface area contributed by atoms with E-state index >= 15 is 0 Å². The number of carboxylic acid groups (broad SMARTS) is 1. The molecule has 0 aromatic carbocycles. The van der Waals surface area contributed by atoms with Gasteiger partial charge in [0.25, 0.3) is 0 Å². The van der Waals surface area contributed by atoms with Gasteiger partial charge in [0.2, 0.25) is 0 Å². The Morgan fingerprint density at radius 2 is 2.46 bits per heavy atom. The Hall–Kier alpha value is -1.32. The van der Waals surface area contributed by atoms with Crippen LogP contribution in [0.3, 0.4) is 0 Å². The molecule has 1 aromatic rings. The van der Waals surface area contributed by atoms with Crippen molar-refractivity contribution in [3.63, 3.8) is 0 Å². The predicted molar refractivity (Wildman–Crippen MR) is 48.5 cm³/mol. The molecular weight excluding hydrogens is 168 g/mol. The molecule has 1 N–H and O–H groups in total. The molecule has 1 aromatic heterocycles. The monoisotopic (exact) mass is 182 g/mol. The van der Waals surface area contributed by atoms with Crippen LogP contribution in [0.25, 0.3) is 0 Å². The minimum Gasteiger partial charge on any atom is -0.481 e. The Balaban J connectivity index is 2.88. The highest BCUT2D eigenvalue weighted by Gasteiger charge is 2.22. The van der Waals surface area contributed by atoms with Crippen molar-refractivity contribution < 1.29 is 9.90 Å². The van der Waals surface area contributed by atoms with E-state index in [1.165, 1.54) is 0 Å². The molecule has 1 unspecified atom stereocenters. The van der Waals surface area contributed by atoms with E-state index in [0.29, 0.717) is 12.2 Å². The third-order valence-corrected chi connectivity index (χ3v) is 2.05. The second-order valence-electron chi connectivity index (χ2n) is 3.08. The molecule has 0 aliphatic carbocycles. The lowest BCUT2D eigenvalue weighted by atomic mass is 10.0. The van der Waals surface area contributed by atoms with Gasteiger partial charge < -0.3 is 9.67 Å². The van der Waals surface area contributed by atoms with Gasteiger partial charge in [-0.25, -0.2) is 4.98 Å². The highest BCUT2D eigenvalue weighted by atomic mass is 16.4. The van der Waals surface area contributed by atoms with Crippen LogP contribution >= 0.6 is 0 Å². The van der Waals surface area contributed by atoms with Crippen molar-refractivity contribution in [3.05, 3.63) is 18.2 Å². The topological polar surface area (TPSA) is 55.1 Å². The predicted octanol–water partition coefficient (Wildman–Crippen LogP) is 1.39. The fourth-order valence-electron chi connectivity index (χ4n) is 1.36. The van der Waals surface area contributed by atoms with Crippen molar-refractivity contribution in [1.29, 1.82) is 0 Å². The summed E-state index contributed by atoms with van der Waals surface area (Å²) < 4.78 is 1.76. The summed E-state index contributed by atoms with van der Waals surface area (Å²) in [5.74, 6) is -0.629. The second kappa shape index (κ2) is 4.07. The highest BCUT2D eigenvalue weighted by molar-refractivity contribution is 5.74. The molecule has 0 bridgehead atoms. The Bertz CT molecular complexity index is 294. The van der Waals surface area contributed by atoms with Gasteiger partial charge in [0.1, 0.15) is 11.7 Å². The molecule has 13 heavy (non-hydrogen) atoms. The molecule has 0 amide bonds. The zero-order chi connectivity index (χ0) is 9.84. The first-order chi connectivity index (χ1) is 6.16. The highest BCUT2D eigenvalue weighted by Crippen LogP contribution is 2.18. The largest absolute Gasteiger partial charge is 0.481 e. The molecule has 1 heterocycles. The van der Waals surface area contributed by atoms with Crippen LogP contribution in [-0.2, 0) is 11.8 Å². The summed E-state index contributed by atoms with van der Waals surface area (Å²) in [6.07, 6.45) is 4.88. The van der Waals surface area contributed by atoms with E-state index in [4.69, 9.17) is 5.11 Å². The van der Waals surface area contributed by atoms with Crippen LogP contribution in [0.5, 0.6) is 0 Å². The fourth-order valence-corrected chi connectivity index (χ4v) is 1.36. The number of hydrogen-bond acceptors (Lipinski definition) is 2. The minimum atomic E-state index is -0.795. The van der Waals surface area contributed by atoms with Crippen LogP contribution in [0.15, 0.2) is 12.4 Å². The van der Waals surface area contributed by atoms with Crippen molar-refractivity contribution >= 4 is 5.97 Å². The van der Waals surface area contributed by atoms with Gasteiger partial charge in [-0.2, -0.15) is 0 Å². The molecule has 0 aliphatic rings. The van der Waals surface area contributed by atoms with Crippen molar-refractivity contribution in [1.82, 2.24) is 9.55 Å². The summed E-state index contributed by atoms with van der Waals surface area (Å²) in [5, 5.41) is 8.95. The van der Waals surface area contributed by atoms with E-state index < -0.39 is 11.9 Å². The summed E-state index contributed by atoms with van der Waals surface area (Å²) in [6.45, 7) is 1.97. The normalized spacial score (nSPS) is 12.8. The maximum Gasteiger partial charge on any atom is 0.314 e. The quantitative estimate of drug-likeness (QED) is 0.765. The van der Waals surface area contributed by atoms with Crippen LogP contribution in [0.4, 0.5) is 0 Å². The lowest BCUT2D eigenvalue weighted by Crippen LogP contribution is -2.15. The number of aromatic nitrogens is 2. The number of rotatable bonds is 4. The van der Waals surface area contributed by atoms with Gasteiger partial charge in [-0.1, -0.05) is 13.3 Å². The maximum atomic E-state index is 10.9. The van der Waals surface area contributed by atoms with E-state index in [2.05, 4.69) is 4.98 Å². The number of aliphatic carboxylic acids is 1. The Morgan fingerprint density at radius 1 is 1.77 bits per heavy atom. The third kappa shape index (κ3) is 2.08. The van der Waals surface area contributed by atoms with Crippen molar-refractivity contribution in [3.8, 4) is 0 Å². The zero-order valence-corrected chi connectivity index (χ0v) is 7.90. The van der Waals surface area contributed by atoms with E-state index in [1.54, 1.807) is 17.0 Å². The van der Waals surface area contributed by atoms with Gasteiger partial charge in [0.15, 0.2) is 0 Å². The Kier molecular flexibility index (Phi) is 3.06. The first-order valence-corrected chi connectivity index (χ1v) is 4.36. The van der Waals surface area contributed by atoms with Gasteiger partial charge in [-0.15, -0.1) is 0 Å². The molecule has 0 fully saturated rings. The summed E-state index contributed by atoms with van der Waals surface area (Å²) in [6, 6.07) is 0. The first-order valence-electron chi connectivity index (χ1n) is 4.36. The number of carboxylic acids is 1. The zero-order valence-electron chi connectivity index (χ0n) is 7.90. The number of imidazole rings is 1. The summed E-state index contributed by atoms with van der Waals surface area (Å²) >= 11 is 0. The van der Waals surface area contributed by atoms with E-state index in [1.807, 2.05) is 14.0 Å². The first kappa shape index (κ1) is 9.77. The van der Waals surface area contributed by atoms with E-state index in [9.17, 15) is 4.79 Å². The minimum absolute atomic E-state index is 0.468. The summed E-state index contributed by atoms with van der Waals surface area (Å²) in [7, 11) is 1.81. The van der Waals surface area contributed by atoms with Crippen LogP contribution in [0.2, 0.25) is 0 Å². The molecule has 1 rings (SSSR count). The molecule has 0 saturated heterocycles. The van der Waals surface area contributed by atoms with Gasteiger partial charge in [0.05, 0.1) is 0 Å². The SMILES string of the molecule is CCCC(C(=O)O)c1nccn1C. The third-order valence-electron chi connectivity index (χ3n) is 2.05. The fraction of sp³-hybridized carbons (Fsp3) is 0.556. The van der Waals surface area contributed by atoms with Gasteiger partial charge in [-0.3, -0.25) is 4.79 Å². The standard InChI is InChI=1S/C9H14N2O2/c1-3-4-7(9(12)13)8-10-5-6-11(8)2/h5-7H,3-4H2,1-2H3,(H,12,13). The molecule has 0 radical (unpaired) electrons. The number of aryl methyl sites for hydroxylation is 1. The lowest BCUT2D eigenvalue weighted by Gasteiger charge is -2.10. The summed E-state index contributed by atoms with van der Waals surface area (Å²) in [5.41, 5.74) is 0. The average molecular weight is 182 g/mol. The average Bonchev–Trinajstić information content (AvgIpc) is 2.47. The van der Waals surface area contributed by atoms with Gasteiger partial charge in [0, 0.05) is 19.4 Å². The Labute approximate surface area is 77.2 Å².